The second-order valence-electron chi connectivity index (χ2n) is 3.54. The van der Waals surface area contributed by atoms with E-state index in [-0.39, 0.29) is 5.78 Å². The summed E-state index contributed by atoms with van der Waals surface area (Å²) in [6.07, 6.45) is 3.59. The van der Waals surface area contributed by atoms with Crippen LogP contribution in [-0.4, -0.2) is 5.78 Å². The van der Waals surface area contributed by atoms with Crippen LogP contribution in [0.3, 0.4) is 0 Å². The minimum absolute atomic E-state index is 0.222. The molecule has 0 spiro atoms. The van der Waals surface area contributed by atoms with Crippen molar-refractivity contribution < 1.29 is 4.79 Å². The van der Waals surface area contributed by atoms with E-state index in [1.54, 1.807) is 0 Å². The normalized spacial score (nSPS) is 13.8. The average molecular weight is 188 g/mol. The predicted molar refractivity (Wildman–Crippen MR) is 59.1 cm³/mol. The third-order valence-corrected chi connectivity index (χ3v) is 2.12. The molecule has 0 aromatic heterocycles. The summed E-state index contributed by atoms with van der Waals surface area (Å²) < 4.78 is 0. The summed E-state index contributed by atoms with van der Waals surface area (Å²) >= 11 is 0. The van der Waals surface area contributed by atoms with Gasteiger partial charge in [-0.15, -0.1) is 0 Å². The van der Waals surface area contributed by atoms with E-state index >= 15 is 0 Å². The van der Waals surface area contributed by atoms with Gasteiger partial charge in [-0.05, 0) is 25.8 Å². The molecule has 0 atom stereocenters. The SMILES string of the molecule is C=CC(=O)C1CC1.Cc1ccccc1. The van der Waals surface area contributed by atoms with E-state index in [1.165, 1.54) is 11.6 Å². The predicted octanol–water partition coefficient (Wildman–Crippen LogP) is 3.15. The highest BCUT2D eigenvalue weighted by Gasteiger charge is 2.26. The lowest BCUT2D eigenvalue weighted by molar-refractivity contribution is -0.115. The first-order valence-electron chi connectivity index (χ1n) is 4.92. The Bertz CT molecular complexity index is 296. The molecule has 74 valence electrons. The zero-order chi connectivity index (χ0) is 10.4. The van der Waals surface area contributed by atoms with Crippen molar-refractivity contribution in [3.63, 3.8) is 0 Å². The van der Waals surface area contributed by atoms with Gasteiger partial charge in [0.15, 0.2) is 5.78 Å². The topological polar surface area (TPSA) is 17.1 Å². The molecule has 1 saturated carbocycles. The molecule has 1 aliphatic rings. The van der Waals surface area contributed by atoms with Gasteiger partial charge < -0.3 is 0 Å². The molecule has 1 fully saturated rings. The van der Waals surface area contributed by atoms with Crippen molar-refractivity contribution in [3.05, 3.63) is 48.6 Å². The Morgan fingerprint density at radius 3 is 2.14 bits per heavy atom. The molecule has 2 rings (SSSR count). The van der Waals surface area contributed by atoms with Crippen molar-refractivity contribution in [1.29, 1.82) is 0 Å². The molecule has 14 heavy (non-hydrogen) atoms. The van der Waals surface area contributed by atoms with Crippen LogP contribution >= 0.6 is 0 Å². The van der Waals surface area contributed by atoms with Crippen LogP contribution in [0.1, 0.15) is 18.4 Å². The van der Waals surface area contributed by atoms with E-state index in [4.69, 9.17) is 0 Å². The Kier molecular flexibility index (Phi) is 4.11. The molecule has 0 bridgehead atoms. The monoisotopic (exact) mass is 188 g/mol. The molecule has 1 aromatic rings. The van der Waals surface area contributed by atoms with Crippen molar-refractivity contribution in [3.8, 4) is 0 Å². The number of aryl methyl sites for hydroxylation is 1. The lowest BCUT2D eigenvalue weighted by atomic mass is 10.2. The number of rotatable bonds is 2. The standard InChI is InChI=1S/C7H8.C6H8O/c1-7-5-3-2-4-6-7;1-2-6(7)5-3-4-5/h2-6H,1H3;2,5H,1,3-4H2. The number of ketones is 1. The van der Waals surface area contributed by atoms with Crippen molar-refractivity contribution >= 4 is 5.78 Å². The van der Waals surface area contributed by atoms with Gasteiger partial charge in [-0.3, -0.25) is 4.79 Å². The number of carbonyl (C=O) groups excluding carboxylic acids is 1. The fourth-order valence-corrected chi connectivity index (χ4v) is 1.07. The van der Waals surface area contributed by atoms with Gasteiger partial charge in [0.25, 0.3) is 0 Å². The second kappa shape index (κ2) is 5.38. The van der Waals surface area contributed by atoms with Gasteiger partial charge >= 0.3 is 0 Å². The number of allylic oxidation sites excluding steroid dienone is 1. The van der Waals surface area contributed by atoms with Gasteiger partial charge in [0.05, 0.1) is 0 Å². The van der Waals surface area contributed by atoms with Crippen LogP contribution in [0.25, 0.3) is 0 Å². The molecule has 0 N–H and O–H groups in total. The molecule has 1 aliphatic carbocycles. The number of carbonyl (C=O) groups is 1. The minimum Gasteiger partial charge on any atom is -0.295 e. The highest BCUT2D eigenvalue weighted by atomic mass is 16.1. The first-order chi connectivity index (χ1) is 6.74. The lowest BCUT2D eigenvalue weighted by Crippen LogP contribution is -1.91. The zero-order valence-corrected chi connectivity index (χ0v) is 8.57. The summed E-state index contributed by atoms with van der Waals surface area (Å²) in [6.45, 7) is 5.46. The van der Waals surface area contributed by atoms with E-state index in [0.717, 1.165) is 12.8 Å². The van der Waals surface area contributed by atoms with Gasteiger partial charge in [-0.2, -0.15) is 0 Å². The van der Waals surface area contributed by atoms with E-state index in [1.807, 2.05) is 18.2 Å². The Morgan fingerprint density at radius 1 is 1.36 bits per heavy atom. The molecule has 0 amide bonds. The van der Waals surface area contributed by atoms with Crippen molar-refractivity contribution in [1.82, 2.24) is 0 Å². The van der Waals surface area contributed by atoms with Gasteiger partial charge in [0.1, 0.15) is 0 Å². The summed E-state index contributed by atoms with van der Waals surface area (Å²) in [5.74, 6) is 0.581. The fraction of sp³-hybridized carbons (Fsp3) is 0.308. The van der Waals surface area contributed by atoms with Crippen molar-refractivity contribution in [2.45, 2.75) is 19.8 Å². The number of hydrogen-bond donors (Lipinski definition) is 0. The molecule has 0 radical (unpaired) electrons. The molecule has 1 nitrogen and oxygen atoms in total. The minimum atomic E-state index is 0.222. The van der Waals surface area contributed by atoms with Crippen LogP contribution in [0.4, 0.5) is 0 Å². The maximum absolute atomic E-state index is 10.5. The first-order valence-corrected chi connectivity index (χ1v) is 4.92. The van der Waals surface area contributed by atoms with Gasteiger partial charge in [-0.25, -0.2) is 0 Å². The number of benzene rings is 1. The Labute approximate surface area is 85.5 Å². The quantitative estimate of drug-likeness (QED) is 0.651. The van der Waals surface area contributed by atoms with Crippen LogP contribution in [0.2, 0.25) is 0 Å². The van der Waals surface area contributed by atoms with E-state index in [0.29, 0.717) is 5.92 Å². The Hall–Kier alpha value is -1.37. The van der Waals surface area contributed by atoms with Crippen molar-refractivity contribution in [2.24, 2.45) is 5.92 Å². The largest absolute Gasteiger partial charge is 0.295 e. The van der Waals surface area contributed by atoms with Crippen molar-refractivity contribution in [2.75, 3.05) is 0 Å². The van der Waals surface area contributed by atoms with Gasteiger partial charge in [-0.1, -0.05) is 42.5 Å². The molecule has 0 unspecified atom stereocenters. The fourth-order valence-electron chi connectivity index (χ4n) is 1.07. The summed E-state index contributed by atoms with van der Waals surface area (Å²) in [4.78, 5) is 10.5. The molecular formula is C13H16O. The Morgan fingerprint density at radius 2 is 1.93 bits per heavy atom. The van der Waals surface area contributed by atoms with Crippen LogP contribution in [0.15, 0.2) is 43.0 Å². The molecule has 1 aromatic carbocycles. The highest BCUT2D eigenvalue weighted by molar-refractivity contribution is 5.92. The van der Waals surface area contributed by atoms with Crippen LogP contribution in [-0.2, 0) is 4.79 Å². The number of hydrogen-bond acceptors (Lipinski definition) is 1. The highest BCUT2D eigenvalue weighted by Crippen LogP contribution is 2.29. The van der Waals surface area contributed by atoms with E-state index in [2.05, 4.69) is 25.6 Å². The molecule has 1 heteroatoms. The zero-order valence-electron chi connectivity index (χ0n) is 8.57. The first kappa shape index (κ1) is 10.7. The maximum atomic E-state index is 10.5. The molecule has 0 heterocycles. The molecule has 0 aliphatic heterocycles. The summed E-state index contributed by atoms with van der Waals surface area (Å²) in [6, 6.07) is 10.3. The average Bonchev–Trinajstić information content (AvgIpc) is 3.02. The maximum Gasteiger partial charge on any atom is 0.158 e. The van der Waals surface area contributed by atoms with E-state index < -0.39 is 0 Å². The smallest absolute Gasteiger partial charge is 0.158 e. The van der Waals surface area contributed by atoms with Crippen LogP contribution < -0.4 is 0 Å². The molecular weight excluding hydrogens is 172 g/mol. The van der Waals surface area contributed by atoms with Crippen LogP contribution in [0, 0.1) is 12.8 Å². The summed E-state index contributed by atoms with van der Waals surface area (Å²) in [5.41, 5.74) is 1.32. The van der Waals surface area contributed by atoms with E-state index in [9.17, 15) is 4.79 Å². The second-order valence-corrected chi connectivity index (χ2v) is 3.54. The summed E-state index contributed by atoms with van der Waals surface area (Å²) in [5, 5.41) is 0. The third kappa shape index (κ3) is 4.04. The lowest BCUT2D eigenvalue weighted by Gasteiger charge is -1.82. The van der Waals surface area contributed by atoms with Gasteiger partial charge in [0, 0.05) is 5.92 Å². The van der Waals surface area contributed by atoms with Gasteiger partial charge in [0.2, 0.25) is 0 Å². The Balaban J connectivity index is 0.000000140. The summed E-state index contributed by atoms with van der Waals surface area (Å²) in [7, 11) is 0. The van der Waals surface area contributed by atoms with Crippen LogP contribution in [0.5, 0.6) is 0 Å². The third-order valence-electron chi connectivity index (χ3n) is 2.12. The molecule has 0 saturated heterocycles.